The van der Waals surface area contributed by atoms with Crippen LogP contribution in [0.3, 0.4) is 0 Å². The Bertz CT molecular complexity index is 461. The maximum Gasteiger partial charge on any atom is 0.300 e. The lowest BCUT2D eigenvalue weighted by Gasteiger charge is -2.29. The molecule has 0 heterocycles. The maximum atomic E-state index is 13.9. The molecule has 0 bridgehead atoms. The second kappa shape index (κ2) is 5.04. The van der Waals surface area contributed by atoms with Crippen molar-refractivity contribution in [3.8, 4) is 0 Å². The predicted molar refractivity (Wildman–Crippen MR) is 72.3 cm³/mol. The summed E-state index contributed by atoms with van der Waals surface area (Å²) in [5.41, 5.74) is 0.295. The second-order valence-electron chi connectivity index (χ2n) is 5.75. The van der Waals surface area contributed by atoms with Crippen molar-refractivity contribution >= 4 is 0 Å². The lowest BCUT2D eigenvalue weighted by atomic mass is 9.90. The first-order chi connectivity index (χ1) is 8.80. The first-order valence-electron chi connectivity index (χ1n) is 6.68. The number of benzene rings is 1. The number of halogens is 2. The topological polar surface area (TPSA) is 20.2 Å². The molecule has 0 unspecified atom stereocenters. The molecule has 1 aliphatic rings. The molecule has 0 saturated heterocycles. The van der Waals surface area contributed by atoms with Crippen molar-refractivity contribution in [2.45, 2.75) is 51.1 Å². The number of allylic oxidation sites excluding steroid dienone is 2. The quantitative estimate of drug-likeness (QED) is 0.810. The lowest BCUT2D eigenvalue weighted by Crippen LogP contribution is -2.40. The van der Waals surface area contributed by atoms with E-state index >= 15 is 0 Å². The minimum atomic E-state index is -3.24. The van der Waals surface area contributed by atoms with E-state index < -0.39 is 11.5 Å². The first kappa shape index (κ1) is 14.2. The summed E-state index contributed by atoms with van der Waals surface area (Å²) < 4.78 is 27.8. The lowest BCUT2D eigenvalue weighted by molar-refractivity contribution is -0.168. The van der Waals surface area contributed by atoms with Crippen LogP contribution in [-0.4, -0.2) is 10.7 Å². The van der Waals surface area contributed by atoms with Crippen LogP contribution in [0.5, 0.6) is 0 Å². The highest BCUT2D eigenvalue weighted by molar-refractivity contribution is 5.29. The van der Waals surface area contributed by atoms with Crippen molar-refractivity contribution in [2.24, 2.45) is 0 Å². The van der Waals surface area contributed by atoms with Crippen LogP contribution in [0.4, 0.5) is 8.78 Å². The van der Waals surface area contributed by atoms with Crippen LogP contribution in [-0.2, 0) is 12.3 Å². The monoisotopic (exact) mass is 266 g/mol. The van der Waals surface area contributed by atoms with Crippen molar-refractivity contribution < 1.29 is 13.9 Å². The molecule has 19 heavy (non-hydrogen) atoms. The van der Waals surface area contributed by atoms with Crippen molar-refractivity contribution in [3.05, 3.63) is 47.0 Å². The van der Waals surface area contributed by atoms with E-state index in [1.807, 2.05) is 0 Å². The summed E-state index contributed by atoms with van der Waals surface area (Å²) in [6.45, 7) is 2.25. The van der Waals surface area contributed by atoms with Crippen LogP contribution in [0, 0.1) is 0 Å². The third-order valence-electron chi connectivity index (χ3n) is 3.71. The molecule has 0 aliphatic heterocycles. The van der Waals surface area contributed by atoms with Crippen molar-refractivity contribution in [3.63, 3.8) is 0 Å². The summed E-state index contributed by atoms with van der Waals surface area (Å²) in [7, 11) is 0. The molecule has 3 heteroatoms. The minimum absolute atomic E-state index is 0.139. The molecule has 1 aromatic carbocycles. The Morgan fingerprint density at radius 1 is 1.16 bits per heavy atom. The van der Waals surface area contributed by atoms with Gasteiger partial charge < -0.3 is 5.11 Å². The molecule has 0 radical (unpaired) electrons. The van der Waals surface area contributed by atoms with Gasteiger partial charge in [0.1, 0.15) is 5.60 Å². The van der Waals surface area contributed by atoms with E-state index in [2.05, 4.69) is 6.08 Å². The van der Waals surface area contributed by atoms with Crippen LogP contribution in [0.1, 0.15) is 44.2 Å². The fourth-order valence-electron chi connectivity index (χ4n) is 2.05. The molecule has 1 N–H and O–H groups in total. The van der Waals surface area contributed by atoms with Gasteiger partial charge in [-0.3, -0.25) is 0 Å². The van der Waals surface area contributed by atoms with E-state index in [4.69, 9.17) is 0 Å². The highest BCUT2D eigenvalue weighted by atomic mass is 19.3. The average molecular weight is 266 g/mol. The van der Waals surface area contributed by atoms with Gasteiger partial charge in [0.05, 0.1) is 0 Å². The van der Waals surface area contributed by atoms with E-state index in [0.717, 1.165) is 25.8 Å². The molecule has 0 aromatic heterocycles. The Labute approximate surface area is 113 Å². The normalized spacial score (nSPS) is 16.2. The first-order valence-corrected chi connectivity index (χ1v) is 6.68. The van der Waals surface area contributed by atoms with Crippen molar-refractivity contribution in [2.75, 3.05) is 0 Å². The SMILES string of the molecule is CC(C)(O)C(F)(F)c1ccc(CC=C2CCC2)cc1. The van der Waals surface area contributed by atoms with Gasteiger partial charge in [-0.05, 0) is 45.1 Å². The van der Waals surface area contributed by atoms with Crippen LogP contribution < -0.4 is 0 Å². The summed E-state index contributed by atoms with van der Waals surface area (Å²) in [6.07, 6.45) is 6.60. The molecule has 104 valence electrons. The fraction of sp³-hybridized carbons (Fsp3) is 0.500. The number of rotatable bonds is 4. The van der Waals surface area contributed by atoms with E-state index in [9.17, 15) is 13.9 Å². The van der Waals surface area contributed by atoms with Crippen molar-refractivity contribution in [1.82, 2.24) is 0 Å². The Morgan fingerprint density at radius 3 is 2.16 bits per heavy atom. The van der Waals surface area contributed by atoms with Gasteiger partial charge in [0.25, 0.3) is 0 Å². The maximum absolute atomic E-state index is 13.9. The van der Waals surface area contributed by atoms with Gasteiger partial charge in [0.2, 0.25) is 0 Å². The van der Waals surface area contributed by atoms with Gasteiger partial charge in [0.15, 0.2) is 0 Å². The van der Waals surface area contributed by atoms with Gasteiger partial charge >= 0.3 is 5.92 Å². The van der Waals surface area contributed by atoms with Crippen molar-refractivity contribution in [1.29, 1.82) is 0 Å². The largest absolute Gasteiger partial charge is 0.384 e. The number of alkyl halides is 2. The van der Waals surface area contributed by atoms with Gasteiger partial charge in [-0.25, -0.2) is 0 Å². The molecule has 0 amide bonds. The zero-order valence-electron chi connectivity index (χ0n) is 11.4. The Morgan fingerprint density at radius 2 is 1.74 bits per heavy atom. The minimum Gasteiger partial charge on any atom is -0.384 e. The van der Waals surface area contributed by atoms with Crippen LogP contribution in [0.25, 0.3) is 0 Å². The third kappa shape index (κ3) is 3.03. The van der Waals surface area contributed by atoms with E-state index in [1.54, 1.807) is 12.1 Å². The number of aliphatic hydroxyl groups is 1. The smallest absolute Gasteiger partial charge is 0.300 e. The summed E-state index contributed by atoms with van der Waals surface area (Å²) in [5, 5.41) is 9.52. The van der Waals surface area contributed by atoms with Gasteiger partial charge in [-0.1, -0.05) is 35.9 Å². The molecule has 1 aromatic rings. The Hall–Kier alpha value is -1.22. The van der Waals surface area contributed by atoms with Crippen LogP contribution >= 0.6 is 0 Å². The Balaban J connectivity index is 2.09. The third-order valence-corrected chi connectivity index (χ3v) is 3.71. The van der Waals surface area contributed by atoms with E-state index in [1.165, 1.54) is 37.0 Å². The summed E-state index contributed by atoms with van der Waals surface area (Å²) >= 11 is 0. The summed E-state index contributed by atoms with van der Waals surface area (Å²) in [5.74, 6) is -3.24. The molecule has 0 spiro atoms. The predicted octanol–water partition coefficient (Wildman–Crippen LogP) is 4.20. The average Bonchev–Trinajstić information content (AvgIpc) is 2.26. The van der Waals surface area contributed by atoms with E-state index in [0.29, 0.717) is 0 Å². The van der Waals surface area contributed by atoms with Crippen LogP contribution in [0.15, 0.2) is 35.9 Å². The highest BCUT2D eigenvalue weighted by Crippen LogP contribution is 2.38. The molecular formula is C16H20F2O. The Kier molecular flexibility index (Phi) is 3.77. The molecule has 2 rings (SSSR count). The summed E-state index contributed by atoms with van der Waals surface area (Å²) in [4.78, 5) is 0. The summed E-state index contributed by atoms with van der Waals surface area (Å²) in [6, 6.07) is 6.24. The molecule has 0 atom stereocenters. The van der Waals surface area contributed by atoms with Gasteiger partial charge in [-0.2, -0.15) is 8.78 Å². The highest BCUT2D eigenvalue weighted by Gasteiger charge is 2.46. The molecule has 1 aliphatic carbocycles. The fourth-order valence-corrected chi connectivity index (χ4v) is 2.05. The second-order valence-corrected chi connectivity index (χ2v) is 5.75. The van der Waals surface area contributed by atoms with Gasteiger partial charge in [0, 0.05) is 5.56 Å². The molecule has 1 nitrogen and oxygen atoms in total. The molecule has 1 saturated carbocycles. The molecule has 1 fully saturated rings. The molecular weight excluding hydrogens is 246 g/mol. The van der Waals surface area contributed by atoms with Gasteiger partial charge in [-0.15, -0.1) is 0 Å². The number of hydrogen-bond acceptors (Lipinski definition) is 1. The van der Waals surface area contributed by atoms with E-state index in [-0.39, 0.29) is 5.56 Å². The zero-order chi connectivity index (χ0) is 14.1. The number of hydrogen-bond donors (Lipinski definition) is 1. The zero-order valence-corrected chi connectivity index (χ0v) is 11.4. The van der Waals surface area contributed by atoms with Crippen LogP contribution in [0.2, 0.25) is 0 Å². The standard InChI is InChI=1S/C16H20F2O/c1-15(2,19)16(17,18)14-10-8-13(9-11-14)7-6-12-4-3-5-12/h6,8-11,19H,3-5,7H2,1-2H3.